The highest BCUT2D eigenvalue weighted by molar-refractivity contribution is 7.17. The fourth-order valence-electron chi connectivity index (χ4n) is 4.67. The zero-order valence-corrected chi connectivity index (χ0v) is 21.1. The maximum absolute atomic E-state index is 11.3. The summed E-state index contributed by atoms with van der Waals surface area (Å²) < 4.78 is 12.2. The molecule has 4 heterocycles. The SMILES string of the molecule is COc1ccc(N2CCN([C@@H](c3ccccc3Cl)c3sc4nc(-c5ccco5)nn4c3O)CC2)cc1. The van der Waals surface area contributed by atoms with E-state index in [9.17, 15) is 5.11 Å². The summed E-state index contributed by atoms with van der Waals surface area (Å²) in [5, 5.41) is 16.4. The van der Waals surface area contributed by atoms with Gasteiger partial charge in [-0.25, -0.2) is 0 Å². The Labute approximate surface area is 216 Å². The van der Waals surface area contributed by atoms with Crippen molar-refractivity contribution in [3.63, 3.8) is 0 Å². The second-order valence-corrected chi connectivity index (χ2v) is 9.96. The van der Waals surface area contributed by atoms with Crippen LogP contribution >= 0.6 is 22.9 Å². The van der Waals surface area contributed by atoms with Gasteiger partial charge in [0.25, 0.3) is 0 Å². The lowest BCUT2D eigenvalue weighted by Crippen LogP contribution is -2.47. The number of thiazole rings is 1. The molecule has 10 heteroatoms. The number of nitrogens with zero attached hydrogens (tertiary/aromatic N) is 5. The topological polar surface area (TPSA) is 79.3 Å². The summed E-state index contributed by atoms with van der Waals surface area (Å²) in [6, 6.07) is 19.3. The van der Waals surface area contributed by atoms with Crippen LogP contribution < -0.4 is 9.64 Å². The molecule has 1 aliphatic heterocycles. The monoisotopic (exact) mass is 521 g/mol. The van der Waals surface area contributed by atoms with Gasteiger partial charge in [-0.15, -0.1) is 5.10 Å². The number of fused-ring (bicyclic) bond motifs is 1. The molecular formula is C26H24ClN5O3S. The summed E-state index contributed by atoms with van der Waals surface area (Å²) in [7, 11) is 1.67. The number of furan rings is 1. The number of piperazine rings is 1. The van der Waals surface area contributed by atoms with Crippen molar-refractivity contribution in [2.45, 2.75) is 6.04 Å². The van der Waals surface area contributed by atoms with Gasteiger partial charge in [0.05, 0.1) is 24.3 Å². The van der Waals surface area contributed by atoms with Gasteiger partial charge in [-0.2, -0.15) is 9.50 Å². The molecule has 1 atom stereocenters. The Balaban J connectivity index is 1.32. The molecule has 3 aromatic heterocycles. The van der Waals surface area contributed by atoms with Crippen molar-refractivity contribution in [1.82, 2.24) is 19.5 Å². The lowest BCUT2D eigenvalue weighted by Gasteiger charge is -2.40. The van der Waals surface area contributed by atoms with Crippen molar-refractivity contribution in [3.8, 4) is 23.2 Å². The smallest absolute Gasteiger partial charge is 0.230 e. The van der Waals surface area contributed by atoms with Gasteiger partial charge < -0.3 is 19.2 Å². The molecule has 0 saturated carbocycles. The van der Waals surface area contributed by atoms with Crippen LogP contribution in [0.1, 0.15) is 16.5 Å². The average molecular weight is 522 g/mol. The molecule has 1 N–H and O–H groups in total. The maximum atomic E-state index is 11.3. The number of ether oxygens (including phenoxy) is 1. The van der Waals surface area contributed by atoms with E-state index in [1.165, 1.54) is 15.9 Å². The second kappa shape index (κ2) is 9.50. The number of aromatic nitrogens is 3. The van der Waals surface area contributed by atoms with E-state index in [0.717, 1.165) is 48.1 Å². The Morgan fingerprint density at radius 2 is 1.81 bits per heavy atom. The Morgan fingerprint density at radius 1 is 1.03 bits per heavy atom. The van der Waals surface area contributed by atoms with Crippen LogP contribution in [0.4, 0.5) is 5.69 Å². The number of anilines is 1. The summed E-state index contributed by atoms with van der Waals surface area (Å²) in [6.07, 6.45) is 1.58. The van der Waals surface area contributed by atoms with Crippen LogP contribution in [0.25, 0.3) is 16.5 Å². The molecule has 0 unspecified atom stereocenters. The van der Waals surface area contributed by atoms with E-state index in [4.69, 9.17) is 20.8 Å². The van der Waals surface area contributed by atoms with E-state index in [1.807, 2.05) is 36.4 Å². The molecule has 0 bridgehead atoms. The van der Waals surface area contributed by atoms with Gasteiger partial charge >= 0.3 is 0 Å². The van der Waals surface area contributed by atoms with Gasteiger partial charge in [-0.05, 0) is 48.0 Å². The van der Waals surface area contributed by atoms with Crippen LogP contribution in [-0.4, -0.2) is 57.9 Å². The first kappa shape index (κ1) is 22.9. The van der Waals surface area contributed by atoms with Gasteiger partial charge in [0.2, 0.25) is 16.7 Å². The van der Waals surface area contributed by atoms with Gasteiger partial charge in [0.1, 0.15) is 5.75 Å². The Hall–Kier alpha value is -3.53. The number of rotatable bonds is 6. The van der Waals surface area contributed by atoms with Crippen LogP contribution in [0, 0.1) is 0 Å². The summed E-state index contributed by atoms with van der Waals surface area (Å²) in [6.45, 7) is 3.29. The molecule has 1 aliphatic rings. The standard InChI is InChI=1S/C26H24ClN5O3S/c1-34-18-10-8-17(9-11-18)30-12-14-31(15-13-30)22(19-5-2-3-6-20(19)27)23-25(33)32-26(36-23)28-24(29-32)21-7-4-16-35-21/h2-11,16,22,33H,12-15H2,1H3/t22-/m0/s1. The van der Waals surface area contributed by atoms with Crippen LogP contribution in [0.5, 0.6) is 11.6 Å². The highest BCUT2D eigenvalue weighted by atomic mass is 35.5. The zero-order valence-electron chi connectivity index (χ0n) is 19.5. The number of halogens is 1. The minimum absolute atomic E-state index is 0.0720. The number of hydrogen-bond donors (Lipinski definition) is 1. The fraction of sp³-hybridized carbons (Fsp3) is 0.231. The predicted octanol–water partition coefficient (Wildman–Crippen LogP) is 5.33. The Bertz CT molecular complexity index is 1470. The summed E-state index contributed by atoms with van der Waals surface area (Å²) in [4.78, 5) is 10.7. The van der Waals surface area contributed by atoms with E-state index in [1.54, 1.807) is 25.5 Å². The molecule has 0 radical (unpaired) electrons. The van der Waals surface area contributed by atoms with E-state index in [0.29, 0.717) is 21.6 Å². The van der Waals surface area contributed by atoms with Gasteiger partial charge in [-0.3, -0.25) is 4.90 Å². The van der Waals surface area contributed by atoms with Crippen molar-refractivity contribution < 1.29 is 14.3 Å². The van der Waals surface area contributed by atoms with Gasteiger partial charge in [0.15, 0.2) is 5.76 Å². The van der Waals surface area contributed by atoms with Gasteiger partial charge in [0, 0.05) is 36.9 Å². The number of benzene rings is 2. The largest absolute Gasteiger partial charge is 0.497 e. The molecule has 5 aromatic rings. The van der Waals surface area contributed by atoms with Crippen LogP contribution in [0.2, 0.25) is 5.02 Å². The first-order valence-electron chi connectivity index (χ1n) is 11.6. The Kier molecular flexibility index (Phi) is 6.04. The fourth-order valence-corrected chi connectivity index (χ4v) is 6.02. The van der Waals surface area contributed by atoms with Crippen molar-refractivity contribution in [2.24, 2.45) is 0 Å². The van der Waals surface area contributed by atoms with E-state index >= 15 is 0 Å². The predicted molar refractivity (Wildman–Crippen MR) is 140 cm³/mol. The third kappa shape index (κ3) is 4.09. The maximum Gasteiger partial charge on any atom is 0.230 e. The lowest BCUT2D eigenvalue weighted by atomic mass is 10.0. The van der Waals surface area contributed by atoms with Crippen molar-refractivity contribution >= 4 is 33.6 Å². The Morgan fingerprint density at radius 3 is 2.47 bits per heavy atom. The minimum atomic E-state index is -0.225. The molecule has 2 aromatic carbocycles. The van der Waals surface area contributed by atoms with E-state index < -0.39 is 0 Å². The third-order valence-corrected chi connectivity index (χ3v) is 7.92. The molecule has 0 spiro atoms. The first-order valence-corrected chi connectivity index (χ1v) is 12.8. The minimum Gasteiger partial charge on any atom is -0.497 e. The summed E-state index contributed by atoms with van der Waals surface area (Å²) in [5.41, 5.74) is 2.11. The molecule has 0 aliphatic carbocycles. The molecule has 8 nitrogen and oxygen atoms in total. The quantitative estimate of drug-likeness (QED) is 0.323. The number of hydrogen-bond acceptors (Lipinski definition) is 8. The first-order chi connectivity index (χ1) is 17.6. The number of methoxy groups -OCH3 is 1. The molecular weight excluding hydrogens is 498 g/mol. The summed E-state index contributed by atoms with van der Waals surface area (Å²) >= 11 is 8.10. The average Bonchev–Trinajstić information content (AvgIpc) is 3.65. The van der Waals surface area contributed by atoms with Crippen LogP contribution in [0.15, 0.2) is 71.3 Å². The van der Waals surface area contributed by atoms with E-state index in [-0.39, 0.29) is 11.9 Å². The van der Waals surface area contributed by atoms with Gasteiger partial charge in [-0.1, -0.05) is 41.1 Å². The molecule has 36 heavy (non-hydrogen) atoms. The molecule has 1 fully saturated rings. The molecule has 0 amide bonds. The third-order valence-electron chi connectivity index (χ3n) is 6.51. The molecule has 6 rings (SSSR count). The van der Waals surface area contributed by atoms with Crippen LogP contribution in [-0.2, 0) is 0 Å². The zero-order chi connectivity index (χ0) is 24.6. The lowest BCUT2D eigenvalue weighted by molar-refractivity contribution is 0.211. The van der Waals surface area contributed by atoms with Crippen LogP contribution in [0.3, 0.4) is 0 Å². The van der Waals surface area contributed by atoms with E-state index in [2.05, 4.69) is 32.0 Å². The highest BCUT2D eigenvalue weighted by Gasteiger charge is 2.33. The van der Waals surface area contributed by atoms with Crippen molar-refractivity contribution in [2.75, 3.05) is 38.2 Å². The molecule has 184 valence electrons. The number of aromatic hydroxyl groups is 1. The molecule has 1 saturated heterocycles. The van der Waals surface area contributed by atoms with Crippen molar-refractivity contribution in [3.05, 3.63) is 82.4 Å². The van der Waals surface area contributed by atoms with Crippen molar-refractivity contribution in [1.29, 1.82) is 0 Å². The highest BCUT2D eigenvalue weighted by Crippen LogP contribution is 2.42. The normalized spacial score (nSPS) is 15.4. The summed E-state index contributed by atoms with van der Waals surface area (Å²) in [5.74, 6) is 1.92. The second-order valence-electron chi connectivity index (χ2n) is 8.54.